The first-order valence-electron chi connectivity index (χ1n) is 8.91. The van der Waals surface area contributed by atoms with Crippen LogP contribution >= 0.6 is 7.82 Å². The second-order valence-electron chi connectivity index (χ2n) is 6.87. The van der Waals surface area contributed by atoms with Gasteiger partial charge in [0.25, 0.3) is 12.0 Å². The maximum Gasteiger partial charge on any atom is 0.530 e. The van der Waals surface area contributed by atoms with Gasteiger partial charge in [-0.15, -0.1) is 0 Å². The van der Waals surface area contributed by atoms with E-state index >= 15 is 0 Å². The van der Waals surface area contributed by atoms with Crippen LogP contribution < -0.4 is 15.8 Å². The third-order valence-electron chi connectivity index (χ3n) is 4.90. The zero-order chi connectivity index (χ0) is 22.4. The van der Waals surface area contributed by atoms with Gasteiger partial charge in [0.1, 0.15) is 11.9 Å². The van der Waals surface area contributed by atoms with E-state index in [1.54, 1.807) is 18.2 Å². The van der Waals surface area contributed by atoms with Crippen LogP contribution in [0.25, 0.3) is 0 Å². The predicted octanol–water partition coefficient (Wildman–Crippen LogP) is 1.50. The average molecular weight is 464 g/mol. The van der Waals surface area contributed by atoms with Gasteiger partial charge in [0, 0.05) is 17.8 Å². The van der Waals surface area contributed by atoms with Gasteiger partial charge in [0.05, 0.1) is 13.2 Å². The fourth-order valence-corrected chi connectivity index (χ4v) is 4.50. The first-order chi connectivity index (χ1) is 14.7. The van der Waals surface area contributed by atoms with Crippen LogP contribution in [0.2, 0.25) is 0 Å². The number of hydrogen-bond donors (Lipinski definition) is 2. The molecule has 3 heterocycles. The van der Waals surface area contributed by atoms with Crippen LogP contribution in [0.1, 0.15) is 11.8 Å². The number of hydrogen-bond acceptors (Lipinski definition) is 8. The van der Waals surface area contributed by atoms with Gasteiger partial charge in [0.15, 0.2) is 18.0 Å². The number of alkyl halides is 3. The van der Waals surface area contributed by atoms with Crippen LogP contribution in [0.3, 0.4) is 0 Å². The summed E-state index contributed by atoms with van der Waals surface area (Å²) in [6, 6.07) is 7.20. The van der Waals surface area contributed by atoms with Crippen molar-refractivity contribution in [2.24, 2.45) is 0 Å². The molecule has 1 aromatic carbocycles. The normalized spacial score (nSPS) is 32.6. The molecule has 1 saturated heterocycles. The maximum atomic E-state index is 14.9. The van der Waals surface area contributed by atoms with E-state index in [0.29, 0.717) is 10.1 Å². The molecule has 31 heavy (non-hydrogen) atoms. The van der Waals surface area contributed by atoms with Gasteiger partial charge in [-0.3, -0.25) is 23.4 Å². The Hall–Kier alpha value is -2.44. The molecule has 2 N–H and O–H groups in total. The monoisotopic (exact) mass is 464 g/mol. The summed E-state index contributed by atoms with van der Waals surface area (Å²) >= 11 is 0. The van der Waals surface area contributed by atoms with Crippen LogP contribution in [0.4, 0.5) is 13.2 Å². The van der Waals surface area contributed by atoms with Crippen molar-refractivity contribution in [2.75, 3.05) is 6.61 Å². The molecular formula is C17H16F3N2O8P. The summed E-state index contributed by atoms with van der Waals surface area (Å²) in [5.74, 6) is 0.144. The van der Waals surface area contributed by atoms with Crippen LogP contribution in [0.5, 0.6) is 5.75 Å². The molecule has 0 spiro atoms. The second-order valence-corrected chi connectivity index (χ2v) is 8.46. The lowest BCUT2D eigenvalue weighted by Crippen LogP contribution is -2.50. The minimum absolute atomic E-state index is 0.144. The lowest BCUT2D eigenvalue weighted by Gasteiger charge is -2.32. The lowest BCUT2D eigenvalue weighted by atomic mass is 9.98. The first-order valence-corrected chi connectivity index (χ1v) is 10.4. The van der Waals surface area contributed by atoms with Crippen molar-refractivity contribution < 1.29 is 41.2 Å². The molecule has 0 saturated carbocycles. The molecule has 168 valence electrons. The number of aliphatic hydroxyl groups is 1. The maximum absolute atomic E-state index is 14.9. The topological polar surface area (TPSA) is 129 Å². The zero-order valence-corrected chi connectivity index (χ0v) is 16.4. The van der Waals surface area contributed by atoms with Crippen LogP contribution in [0.15, 0.2) is 46.1 Å². The first kappa shape index (κ1) is 21.8. The van der Waals surface area contributed by atoms with Crippen molar-refractivity contribution in [3.8, 4) is 5.75 Å². The zero-order valence-electron chi connectivity index (χ0n) is 15.5. The highest BCUT2D eigenvalue weighted by Crippen LogP contribution is 2.56. The van der Waals surface area contributed by atoms with Gasteiger partial charge < -0.3 is 14.4 Å². The Kier molecular flexibility index (Phi) is 5.56. The molecule has 0 bridgehead atoms. The number of aromatic amines is 1. The van der Waals surface area contributed by atoms with Crippen molar-refractivity contribution in [2.45, 2.75) is 37.1 Å². The van der Waals surface area contributed by atoms with Crippen molar-refractivity contribution >= 4 is 7.82 Å². The van der Waals surface area contributed by atoms with E-state index in [2.05, 4.69) is 0 Å². The molecule has 0 amide bonds. The van der Waals surface area contributed by atoms with E-state index in [4.69, 9.17) is 18.3 Å². The highest BCUT2D eigenvalue weighted by atomic mass is 31.2. The summed E-state index contributed by atoms with van der Waals surface area (Å²) in [5, 5.41) is 10.1. The van der Waals surface area contributed by atoms with E-state index in [1.165, 1.54) is 6.07 Å². The lowest BCUT2D eigenvalue weighted by molar-refractivity contribution is -0.184. The highest BCUT2D eigenvalue weighted by molar-refractivity contribution is 7.49. The number of nitrogens with zero attached hydrogens (tertiary/aromatic N) is 1. The number of aromatic nitrogens is 2. The predicted molar refractivity (Wildman–Crippen MR) is 96.5 cm³/mol. The number of benzene rings is 1. The van der Waals surface area contributed by atoms with E-state index in [1.807, 2.05) is 4.98 Å². The van der Waals surface area contributed by atoms with E-state index < -0.39 is 56.2 Å². The van der Waals surface area contributed by atoms with Crippen molar-refractivity contribution in [1.29, 1.82) is 0 Å². The number of H-pyrrole nitrogens is 1. The minimum Gasteiger partial charge on any atom is -0.404 e. The van der Waals surface area contributed by atoms with E-state index in [0.717, 1.165) is 12.3 Å². The Balaban J connectivity index is 1.58. The standard InChI is InChI=1S/C17H16F3N2O8P/c18-13-12(24)14(22-6-5-11(23)21-16(22)25)29-17(13,15(19)20)8-28-31(26)27-7-9-3-1-2-4-10(9)30-31/h1-6,12-15,24H,7-8H2,(H,21,23,25). The van der Waals surface area contributed by atoms with Crippen LogP contribution in [0, 0.1) is 0 Å². The van der Waals surface area contributed by atoms with Crippen molar-refractivity contribution in [3.63, 3.8) is 0 Å². The Morgan fingerprint density at radius 1 is 1.32 bits per heavy atom. The van der Waals surface area contributed by atoms with Crippen LogP contribution in [-0.4, -0.2) is 45.6 Å². The summed E-state index contributed by atoms with van der Waals surface area (Å²) < 4.78 is 76.1. The summed E-state index contributed by atoms with van der Waals surface area (Å²) in [5.41, 5.74) is -4.47. The van der Waals surface area contributed by atoms with Gasteiger partial charge in [-0.2, -0.15) is 0 Å². The fraction of sp³-hybridized carbons (Fsp3) is 0.412. The molecule has 2 aromatic rings. The highest BCUT2D eigenvalue weighted by Gasteiger charge is 2.63. The minimum atomic E-state index is -4.41. The van der Waals surface area contributed by atoms with Crippen LogP contribution in [-0.2, 0) is 25.0 Å². The van der Waals surface area contributed by atoms with Gasteiger partial charge >= 0.3 is 13.5 Å². The number of phosphoric ester groups is 1. The Bertz CT molecular complexity index is 1140. The third kappa shape index (κ3) is 3.83. The summed E-state index contributed by atoms with van der Waals surface area (Å²) in [4.78, 5) is 25.0. The van der Waals surface area contributed by atoms with Gasteiger partial charge in [-0.05, 0) is 6.07 Å². The molecule has 5 atom stereocenters. The number of fused-ring (bicyclic) bond motifs is 1. The largest absolute Gasteiger partial charge is 0.530 e. The Morgan fingerprint density at radius 2 is 2.06 bits per heavy atom. The molecule has 10 nitrogen and oxygen atoms in total. The summed E-state index contributed by atoms with van der Waals surface area (Å²) in [7, 11) is -4.41. The molecule has 2 aliphatic rings. The second kappa shape index (κ2) is 7.92. The number of nitrogens with one attached hydrogen (secondary N) is 1. The molecule has 2 aliphatic heterocycles. The summed E-state index contributed by atoms with van der Waals surface area (Å²) in [6.07, 6.45) is -9.59. The number of ether oxygens (including phenoxy) is 1. The Morgan fingerprint density at radius 3 is 2.77 bits per heavy atom. The number of para-hydroxylation sites is 1. The number of rotatable bonds is 5. The molecule has 5 unspecified atom stereocenters. The van der Waals surface area contributed by atoms with E-state index in [9.17, 15) is 32.4 Å². The molecule has 0 radical (unpaired) electrons. The third-order valence-corrected chi connectivity index (χ3v) is 6.21. The van der Waals surface area contributed by atoms with Gasteiger partial charge in [0.2, 0.25) is 0 Å². The molecule has 14 heteroatoms. The number of halogens is 3. The molecule has 4 rings (SSSR count). The smallest absolute Gasteiger partial charge is 0.404 e. The Labute approximate surface area is 171 Å². The van der Waals surface area contributed by atoms with Crippen molar-refractivity contribution in [1.82, 2.24) is 9.55 Å². The quantitative estimate of drug-likeness (QED) is 0.638. The molecule has 0 aliphatic carbocycles. The van der Waals surface area contributed by atoms with Gasteiger partial charge in [-0.1, -0.05) is 18.2 Å². The number of phosphoric acid groups is 1. The number of aliphatic hydroxyl groups excluding tert-OH is 1. The molecule has 1 aromatic heterocycles. The van der Waals surface area contributed by atoms with Gasteiger partial charge in [-0.25, -0.2) is 22.5 Å². The summed E-state index contributed by atoms with van der Waals surface area (Å²) in [6.45, 7) is -1.52. The average Bonchev–Trinajstić information content (AvgIpc) is 2.98. The fourth-order valence-electron chi connectivity index (χ4n) is 3.24. The van der Waals surface area contributed by atoms with E-state index in [-0.39, 0.29) is 12.4 Å². The molecular weight excluding hydrogens is 448 g/mol. The SMILES string of the molecule is O=c1ccn(C2OC(COP3(=O)OCc4ccccc4O3)(C(F)F)C(F)C2O)c(=O)[nH]1. The molecule has 1 fully saturated rings. The van der Waals surface area contributed by atoms with Crippen molar-refractivity contribution in [3.05, 3.63) is 62.9 Å².